The molecule has 4 rings (SSSR count). The van der Waals surface area contributed by atoms with E-state index in [4.69, 9.17) is 9.97 Å². The first-order valence-corrected chi connectivity index (χ1v) is 16.5. The predicted octanol–water partition coefficient (Wildman–Crippen LogP) is 9.87. The number of nitrogens with one attached hydrogen (secondary N) is 2. The largest absolute Gasteiger partial charge is 0.336 e. The van der Waals surface area contributed by atoms with E-state index in [9.17, 15) is 8.78 Å². The maximum Gasteiger partial charge on any atom is 0.166 e. The number of aromatic nitrogens is 4. The normalized spacial score (nSPS) is 11.4. The first kappa shape index (κ1) is 30.4. The number of halogens is 2. The van der Waals surface area contributed by atoms with Crippen molar-refractivity contribution in [2.45, 2.75) is 88.4 Å². The Balaban J connectivity index is 1.12. The van der Waals surface area contributed by atoms with Crippen LogP contribution in [-0.2, 0) is 12.8 Å². The highest BCUT2D eigenvalue weighted by atomic mass is 32.2. The monoisotopic (exact) mass is 582 g/mol. The van der Waals surface area contributed by atoms with Crippen LogP contribution in [0.15, 0.2) is 58.8 Å². The summed E-state index contributed by atoms with van der Waals surface area (Å²) >= 11 is 3.56. The van der Waals surface area contributed by atoms with Crippen molar-refractivity contribution < 1.29 is 8.78 Å². The number of rotatable bonds is 17. The number of aryl methyl sites for hydroxylation is 2. The lowest BCUT2D eigenvalue weighted by atomic mass is 10.1. The second-order valence-electron chi connectivity index (χ2n) is 10.1. The summed E-state index contributed by atoms with van der Waals surface area (Å²) in [5, 5.41) is 1.92. The second kappa shape index (κ2) is 16.0. The number of aromatic amines is 2. The van der Waals surface area contributed by atoms with Crippen LogP contribution in [0.3, 0.4) is 0 Å². The van der Waals surface area contributed by atoms with Gasteiger partial charge in [-0.2, -0.15) is 0 Å². The van der Waals surface area contributed by atoms with Gasteiger partial charge in [0.25, 0.3) is 0 Å². The van der Waals surface area contributed by atoms with Crippen molar-refractivity contribution in [2.75, 3.05) is 11.5 Å². The number of H-pyrrole nitrogens is 2. The minimum absolute atomic E-state index is 0.222. The van der Waals surface area contributed by atoms with Crippen molar-refractivity contribution >= 4 is 23.5 Å². The van der Waals surface area contributed by atoms with Gasteiger partial charge in [-0.25, -0.2) is 18.7 Å². The van der Waals surface area contributed by atoms with Crippen LogP contribution in [0.4, 0.5) is 8.78 Å². The number of hydrogen-bond acceptors (Lipinski definition) is 4. The molecule has 0 unspecified atom stereocenters. The van der Waals surface area contributed by atoms with Crippen LogP contribution < -0.4 is 0 Å². The molecule has 0 aliphatic heterocycles. The lowest BCUT2D eigenvalue weighted by Gasteiger charge is -2.01. The van der Waals surface area contributed by atoms with Gasteiger partial charge in [0.2, 0.25) is 0 Å². The van der Waals surface area contributed by atoms with Crippen LogP contribution >= 0.6 is 23.5 Å². The average Bonchev–Trinajstić information content (AvgIpc) is 3.55. The van der Waals surface area contributed by atoms with Gasteiger partial charge in [-0.15, -0.1) is 0 Å². The average molecular weight is 583 g/mol. The molecule has 0 saturated heterocycles. The highest BCUT2D eigenvalue weighted by Gasteiger charge is 2.13. The highest BCUT2D eigenvalue weighted by molar-refractivity contribution is 7.99. The molecule has 2 heterocycles. The van der Waals surface area contributed by atoms with Gasteiger partial charge in [-0.1, -0.05) is 75.9 Å². The van der Waals surface area contributed by atoms with Gasteiger partial charge in [0.1, 0.15) is 11.6 Å². The van der Waals surface area contributed by atoms with E-state index in [0.29, 0.717) is 0 Å². The molecule has 0 spiro atoms. The van der Waals surface area contributed by atoms with Gasteiger partial charge in [-0.3, -0.25) is 0 Å². The summed E-state index contributed by atoms with van der Waals surface area (Å²) in [5.41, 5.74) is 6.10. The first-order valence-electron chi connectivity index (χ1n) is 14.5. The summed E-state index contributed by atoms with van der Waals surface area (Å²) < 4.78 is 26.7. The summed E-state index contributed by atoms with van der Waals surface area (Å²) in [6.45, 7) is 4.32. The van der Waals surface area contributed by atoms with Crippen LogP contribution in [0, 0.1) is 11.6 Å². The summed E-state index contributed by atoms with van der Waals surface area (Å²) in [6, 6.07) is 13.2. The Morgan fingerprint density at radius 3 is 1.32 bits per heavy atom. The molecule has 0 atom stereocenters. The lowest BCUT2D eigenvalue weighted by Crippen LogP contribution is -1.88. The van der Waals surface area contributed by atoms with Gasteiger partial charge in [0.15, 0.2) is 10.3 Å². The lowest BCUT2D eigenvalue weighted by molar-refractivity contribution is 0.627. The molecule has 0 aliphatic carbocycles. The summed E-state index contributed by atoms with van der Waals surface area (Å²) in [4.78, 5) is 16.6. The third-order valence-electron chi connectivity index (χ3n) is 6.77. The summed E-state index contributed by atoms with van der Waals surface area (Å²) in [5.74, 6) is 1.65. The van der Waals surface area contributed by atoms with Gasteiger partial charge >= 0.3 is 0 Å². The minimum atomic E-state index is -0.222. The fourth-order valence-electron chi connectivity index (χ4n) is 4.71. The van der Waals surface area contributed by atoms with Crippen molar-refractivity contribution in [1.29, 1.82) is 0 Å². The molecule has 2 aromatic heterocycles. The smallest absolute Gasteiger partial charge is 0.166 e. The molecule has 0 radical (unpaired) electrons. The van der Waals surface area contributed by atoms with E-state index < -0.39 is 0 Å². The Kier molecular flexibility index (Phi) is 12.2. The van der Waals surface area contributed by atoms with Crippen LogP contribution in [0.5, 0.6) is 0 Å². The molecular formula is C32H40F2N4S2. The Hall–Kier alpha value is -2.58. The van der Waals surface area contributed by atoms with E-state index in [2.05, 4.69) is 23.8 Å². The van der Waals surface area contributed by atoms with E-state index >= 15 is 0 Å². The maximum atomic E-state index is 13.3. The molecule has 0 aliphatic rings. The molecule has 0 amide bonds. The molecule has 4 aromatic rings. The predicted molar refractivity (Wildman–Crippen MR) is 165 cm³/mol. The van der Waals surface area contributed by atoms with Crippen molar-refractivity contribution in [3.63, 3.8) is 0 Å². The summed E-state index contributed by atoms with van der Waals surface area (Å²) in [6.07, 6.45) is 11.3. The van der Waals surface area contributed by atoms with Crippen molar-refractivity contribution in [2.24, 2.45) is 0 Å². The van der Waals surface area contributed by atoms with Crippen LogP contribution in [0.25, 0.3) is 22.5 Å². The standard InChI is InChI=1S/C32H40F2N4S2/c1-3-11-27-29(23-13-17-25(33)18-14-23)37-31(35-27)39-21-9-7-5-6-8-10-22-40-32-36-28(12-4-2)30(38-32)24-15-19-26(34)20-16-24/h13-20H,3-12,21-22H2,1-2H3,(H,35,37)(H,36,38). The molecule has 0 fully saturated rings. The fraction of sp³-hybridized carbons (Fsp3) is 0.438. The molecule has 2 N–H and O–H groups in total. The minimum Gasteiger partial charge on any atom is -0.336 e. The van der Waals surface area contributed by atoms with Crippen molar-refractivity contribution in [3.8, 4) is 22.5 Å². The van der Waals surface area contributed by atoms with E-state index in [-0.39, 0.29) is 11.6 Å². The van der Waals surface area contributed by atoms with Gasteiger partial charge in [0, 0.05) is 34.0 Å². The Labute approximate surface area is 245 Å². The topological polar surface area (TPSA) is 57.4 Å². The molecule has 40 heavy (non-hydrogen) atoms. The van der Waals surface area contributed by atoms with Gasteiger partial charge < -0.3 is 9.97 Å². The van der Waals surface area contributed by atoms with Gasteiger partial charge in [-0.05, 0) is 74.2 Å². The number of thioether (sulfide) groups is 2. The zero-order valence-electron chi connectivity index (χ0n) is 23.6. The SMILES string of the molecule is CCCc1[nH]c(SCCCCCCCCSc2nc(-c3ccc(F)cc3)c(CCC)[nH]2)nc1-c1ccc(F)cc1. The van der Waals surface area contributed by atoms with E-state index in [1.807, 2.05) is 0 Å². The van der Waals surface area contributed by atoms with E-state index in [1.165, 1.54) is 62.8 Å². The molecular weight excluding hydrogens is 543 g/mol. The number of hydrogen-bond donors (Lipinski definition) is 2. The summed E-state index contributed by atoms with van der Waals surface area (Å²) in [7, 11) is 0. The molecule has 2 aromatic carbocycles. The molecule has 4 nitrogen and oxygen atoms in total. The second-order valence-corrected chi connectivity index (χ2v) is 12.2. The third kappa shape index (κ3) is 8.96. The van der Waals surface area contributed by atoms with Crippen LogP contribution in [0.1, 0.15) is 76.6 Å². The number of unbranched alkanes of at least 4 members (excludes halogenated alkanes) is 5. The zero-order chi connectivity index (χ0) is 28.2. The Morgan fingerprint density at radius 1 is 0.575 bits per heavy atom. The maximum absolute atomic E-state index is 13.3. The molecule has 0 saturated carbocycles. The van der Waals surface area contributed by atoms with Crippen molar-refractivity contribution in [1.82, 2.24) is 19.9 Å². The van der Waals surface area contributed by atoms with E-state index in [1.54, 1.807) is 47.8 Å². The molecule has 0 bridgehead atoms. The van der Waals surface area contributed by atoms with Gasteiger partial charge in [0.05, 0.1) is 11.4 Å². The number of imidazole rings is 2. The quantitative estimate of drug-likeness (QED) is 0.0961. The fourth-order valence-corrected chi connectivity index (χ4v) is 6.50. The Bertz CT molecular complexity index is 1200. The van der Waals surface area contributed by atoms with Crippen molar-refractivity contribution in [3.05, 3.63) is 71.6 Å². The number of benzene rings is 2. The molecule has 214 valence electrons. The number of nitrogens with zero attached hydrogens (tertiary/aromatic N) is 2. The van der Waals surface area contributed by atoms with Crippen LogP contribution in [0.2, 0.25) is 0 Å². The molecule has 8 heteroatoms. The zero-order valence-corrected chi connectivity index (χ0v) is 25.2. The van der Waals surface area contributed by atoms with E-state index in [0.717, 1.165) is 81.4 Å². The highest BCUT2D eigenvalue weighted by Crippen LogP contribution is 2.29. The van der Waals surface area contributed by atoms with Crippen LogP contribution in [-0.4, -0.2) is 31.4 Å². The Morgan fingerprint density at radius 2 is 0.950 bits per heavy atom. The third-order valence-corrected chi connectivity index (χ3v) is 8.68. The first-order chi connectivity index (χ1) is 19.6.